The fourth-order valence-electron chi connectivity index (χ4n) is 2.80. The quantitative estimate of drug-likeness (QED) is 0.622. The van der Waals surface area contributed by atoms with Gasteiger partial charge in [0.25, 0.3) is 0 Å². The highest BCUT2D eigenvalue weighted by molar-refractivity contribution is 7.90. The van der Waals surface area contributed by atoms with Crippen LogP contribution in [0.25, 0.3) is 22.4 Å². The second kappa shape index (κ2) is 7.13. The Kier molecular flexibility index (Phi) is 5.00. The lowest BCUT2D eigenvalue weighted by atomic mass is 9.99. The summed E-state index contributed by atoms with van der Waals surface area (Å²) in [6, 6.07) is 8.39. The van der Waals surface area contributed by atoms with Crippen molar-refractivity contribution in [3.05, 3.63) is 54.5 Å². The van der Waals surface area contributed by atoms with Crippen molar-refractivity contribution in [3.63, 3.8) is 0 Å². The molecule has 2 aromatic heterocycles. The van der Waals surface area contributed by atoms with Gasteiger partial charge in [0.1, 0.15) is 12.2 Å². The minimum absolute atomic E-state index is 0.0498. The summed E-state index contributed by atoms with van der Waals surface area (Å²) in [6.07, 6.45) is 4.33. The topological polar surface area (TPSA) is 64.8 Å². The van der Waals surface area contributed by atoms with Crippen molar-refractivity contribution in [2.24, 2.45) is 0 Å². The van der Waals surface area contributed by atoms with Crippen molar-refractivity contribution in [1.82, 2.24) is 14.8 Å². The van der Waals surface area contributed by atoms with E-state index in [1.54, 1.807) is 0 Å². The van der Waals surface area contributed by atoms with Crippen molar-refractivity contribution in [3.8, 4) is 34.7 Å². The molecule has 0 unspecified atom stereocenters. The van der Waals surface area contributed by atoms with Crippen molar-refractivity contribution in [1.29, 1.82) is 0 Å². The van der Waals surface area contributed by atoms with Gasteiger partial charge in [0, 0.05) is 29.8 Å². The van der Waals surface area contributed by atoms with Gasteiger partial charge in [-0.15, -0.1) is 6.42 Å². The van der Waals surface area contributed by atoms with Gasteiger partial charge in [-0.05, 0) is 29.8 Å². The summed E-state index contributed by atoms with van der Waals surface area (Å²) in [5.74, 6) is 2.18. The van der Waals surface area contributed by atoms with Crippen molar-refractivity contribution < 1.29 is 21.6 Å². The molecule has 3 aromatic rings. The van der Waals surface area contributed by atoms with Gasteiger partial charge in [0.15, 0.2) is 15.5 Å². The third kappa shape index (κ3) is 3.77. The molecule has 0 atom stereocenters. The molecule has 0 saturated carbocycles. The average molecular weight is 405 g/mol. The van der Waals surface area contributed by atoms with E-state index in [0.29, 0.717) is 5.56 Å². The maximum atomic E-state index is 13.8. The van der Waals surface area contributed by atoms with Crippen LogP contribution in [0.4, 0.5) is 13.2 Å². The van der Waals surface area contributed by atoms with E-state index in [0.717, 1.165) is 10.9 Å². The molecule has 0 N–H and O–H groups in total. The van der Waals surface area contributed by atoms with Gasteiger partial charge in [-0.2, -0.15) is 18.3 Å². The molecule has 5 nitrogen and oxygen atoms in total. The second-order valence-electron chi connectivity index (χ2n) is 5.96. The fourth-order valence-corrected chi connectivity index (χ4v) is 3.44. The zero-order valence-electron chi connectivity index (χ0n) is 14.6. The highest BCUT2D eigenvalue weighted by Gasteiger charge is 2.40. The number of aromatic nitrogens is 3. The van der Waals surface area contributed by atoms with Crippen molar-refractivity contribution in [2.45, 2.75) is 17.6 Å². The third-order valence-corrected chi connectivity index (χ3v) is 5.12. The summed E-state index contributed by atoms with van der Waals surface area (Å²) in [6.45, 7) is -0.367. The van der Waals surface area contributed by atoms with E-state index in [1.165, 1.54) is 48.8 Å². The third-order valence-electron chi connectivity index (χ3n) is 3.99. The molecule has 0 saturated heterocycles. The van der Waals surface area contributed by atoms with Crippen LogP contribution in [0.15, 0.2) is 53.7 Å². The number of hydrogen-bond acceptors (Lipinski definition) is 4. The maximum Gasteiger partial charge on any atom is 0.433 e. The molecule has 28 heavy (non-hydrogen) atoms. The van der Waals surface area contributed by atoms with Crippen LogP contribution in [0.1, 0.15) is 5.69 Å². The molecule has 0 amide bonds. The average Bonchev–Trinajstić information content (AvgIpc) is 3.02. The lowest BCUT2D eigenvalue weighted by Crippen LogP contribution is -2.15. The van der Waals surface area contributed by atoms with E-state index in [9.17, 15) is 21.6 Å². The van der Waals surface area contributed by atoms with E-state index in [4.69, 9.17) is 6.42 Å². The summed E-state index contributed by atoms with van der Waals surface area (Å²) >= 11 is 0. The molecular formula is C19H14F3N3O2S. The van der Waals surface area contributed by atoms with Gasteiger partial charge >= 0.3 is 6.18 Å². The van der Waals surface area contributed by atoms with E-state index in [2.05, 4.69) is 16.0 Å². The summed E-state index contributed by atoms with van der Waals surface area (Å²) < 4.78 is 65.6. The first-order valence-electron chi connectivity index (χ1n) is 7.95. The Hall–Kier alpha value is -3.12. The molecule has 0 spiro atoms. The number of terminal acetylenes is 1. The van der Waals surface area contributed by atoms with Gasteiger partial charge in [0.05, 0.1) is 4.90 Å². The number of alkyl halides is 3. The Morgan fingerprint density at radius 2 is 1.68 bits per heavy atom. The first-order chi connectivity index (χ1) is 13.1. The fraction of sp³-hybridized carbons (Fsp3) is 0.158. The number of rotatable bonds is 4. The zero-order valence-corrected chi connectivity index (χ0v) is 15.4. The van der Waals surface area contributed by atoms with E-state index in [1.807, 2.05) is 0 Å². The SMILES string of the molecule is C#CCn1nc(-c2ccc(S(C)(=O)=O)cc2)c(-c2ccncc2)c1C(F)(F)F. The highest BCUT2D eigenvalue weighted by Crippen LogP contribution is 2.42. The maximum absolute atomic E-state index is 13.8. The molecule has 0 aliphatic heterocycles. The summed E-state index contributed by atoms with van der Waals surface area (Å²) in [4.78, 5) is 3.90. The molecule has 0 bridgehead atoms. The molecule has 0 aliphatic carbocycles. The molecular weight excluding hydrogens is 391 g/mol. The number of pyridine rings is 1. The number of sulfone groups is 1. The number of benzene rings is 1. The largest absolute Gasteiger partial charge is 0.433 e. The van der Waals surface area contributed by atoms with Crippen LogP contribution in [-0.2, 0) is 22.6 Å². The van der Waals surface area contributed by atoms with Crippen LogP contribution in [0.5, 0.6) is 0 Å². The second-order valence-corrected chi connectivity index (χ2v) is 7.98. The Labute approximate surface area is 159 Å². The van der Waals surface area contributed by atoms with Gasteiger partial charge in [-0.3, -0.25) is 4.98 Å². The number of nitrogens with zero attached hydrogens (tertiary/aromatic N) is 3. The Bertz CT molecular complexity index is 1140. The van der Waals surface area contributed by atoms with Crippen LogP contribution < -0.4 is 0 Å². The molecule has 9 heteroatoms. The normalized spacial score (nSPS) is 12.0. The van der Waals surface area contributed by atoms with Crippen molar-refractivity contribution >= 4 is 9.84 Å². The smallest absolute Gasteiger partial charge is 0.265 e. The van der Waals surface area contributed by atoms with Gasteiger partial charge in [0.2, 0.25) is 0 Å². The summed E-state index contributed by atoms with van der Waals surface area (Å²) in [7, 11) is -3.44. The molecule has 2 heterocycles. The standard InChI is InChI=1S/C19H14F3N3O2S/c1-3-12-25-18(19(20,21)22)16(13-8-10-23-11-9-13)17(24-25)14-4-6-15(7-5-14)28(2,26)27/h1,4-11H,12H2,2H3. The summed E-state index contributed by atoms with van der Waals surface area (Å²) in [5.41, 5.74) is -0.460. The highest BCUT2D eigenvalue weighted by atomic mass is 32.2. The molecule has 0 fully saturated rings. The predicted octanol–water partition coefficient (Wildman–Crippen LogP) is 3.67. The van der Waals surface area contributed by atoms with Gasteiger partial charge in [-0.25, -0.2) is 13.1 Å². The monoisotopic (exact) mass is 405 g/mol. The first kappa shape index (κ1) is 19.6. The Morgan fingerprint density at radius 3 is 2.18 bits per heavy atom. The van der Waals surface area contributed by atoms with Crippen LogP contribution >= 0.6 is 0 Å². The van der Waals surface area contributed by atoms with Crippen LogP contribution in [-0.4, -0.2) is 29.4 Å². The lowest BCUT2D eigenvalue weighted by molar-refractivity contribution is -0.143. The number of hydrogen-bond donors (Lipinski definition) is 0. The minimum Gasteiger partial charge on any atom is -0.265 e. The van der Waals surface area contributed by atoms with E-state index in [-0.39, 0.29) is 28.3 Å². The summed E-state index contributed by atoms with van der Waals surface area (Å²) in [5, 5.41) is 4.09. The Morgan fingerprint density at radius 1 is 1.07 bits per heavy atom. The van der Waals surface area contributed by atoms with E-state index < -0.39 is 21.7 Å². The molecule has 3 rings (SSSR count). The zero-order chi connectivity index (χ0) is 20.5. The lowest BCUT2D eigenvalue weighted by Gasteiger charge is -2.11. The van der Waals surface area contributed by atoms with Crippen molar-refractivity contribution in [2.75, 3.05) is 6.26 Å². The minimum atomic E-state index is -4.70. The molecule has 144 valence electrons. The Balaban J connectivity index is 2.31. The first-order valence-corrected chi connectivity index (χ1v) is 9.84. The van der Waals surface area contributed by atoms with Crippen LogP contribution in [0.2, 0.25) is 0 Å². The molecule has 0 radical (unpaired) electrons. The van der Waals surface area contributed by atoms with Crippen LogP contribution in [0, 0.1) is 12.3 Å². The van der Waals surface area contributed by atoms with Gasteiger partial charge in [-0.1, -0.05) is 18.1 Å². The molecule has 1 aromatic carbocycles. The predicted molar refractivity (Wildman–Crippen MR) is 97.8 cm³/mol. The van der Waals surface area contributed by atoms with E-state index >= 15 is 0 Å². The number of halogens is 3. The van der Waals surface area contributed by atoms with Gasteiger partial charge < -0.3 is 0 Å². The molecule has 0 aliphatic rings. The van der Waals surface area contributed by atoms with Crippen LogP contribution in [0.3, 0.4) is 0 Å².